The van der Waals surface area contributed by atoms with E-state index in [9.17, 15) is 17.6 Å². The third kappa shape index (κ3) is 3.58. The molecular weight excluding hydrogens is 300 g/mol. The van der Waals surface area contributed by atoms with Crippen LogP contribution in [0.5, 0.6) is 0 Å². The highest BCUT2D eigenvalue weighted by atomic mass is 19.2. The van der Waals surface area contributed by atoms with Crippen molar-refractivity contribution in [2.45, 2.75) is 76.4 Å². The van der Waals surface area contributed by atoms with E-state index < -0.39 is 48.7 Å². The van der Waals surface area contributed by atoms with E-state index in [0.29, 0.717) is 38.9 Å². The van der Waals surface area contributed by atoms with Gasteiger partial charge in [-0.3, -0.25) is 0 Å². The SMILES string of the molecule is CCOC1CCC(C2CCC(OCC)C(F)C2F)C(F)C1F. The maximum atomic E-state index is 14.4. The van der Waals surface area contributed by atoms with Gasteiger partial charge in [0.25, 0.3) is 0 Å². The number of halogens is 4. The molecule has 0 aromatic rings. The summed E-state index contributed by atoms with van der Waals surface area (Å²) in [6.07, 6.45) is -7.24. The fourth-order valence-electron chi connectivity index (χ4n) is 3.91. The second kappa shape index (κ2) is 7.95. The molecule has 0 aromatic carbocycles. The average molecular weight is 326 g/mol. The van der Waals surface area contributed by atoms with Crippen LogP contribution in [0, 0.1) is 11.8 Å². The van der Waals surface area contributed by atoms with Crippen LogP contribution in [-0.4, -0.2) is 50.1 Å². The van der Waals surface area contributed by atoms with Crippen molar-refractivity contribution in [3.05, 3.63) is 0 Å². The summed E-state index contributed by atoms with van der Waals surface area (Å²) in [6.45, 7) is 4.10. The summed E-state index contributed by atoms with van der Waals surface area (Å²) >= 11 is 0. The highest BCUT2D eigenvalue weighted by Crippen LogP contribution is 2.44. The van der Waals surface area contributed by atoms with Gasteiger partial charge in [-0.1, -0.05) is 0 Å². The zero-order valence-corrected chi connectivity index (χ0v) is 13.2. The molecule has 0 amide bonds. The average Bonchev–Trinajstić information content (AvgIpc) is 2.50. The Hall–Kier alpha value is -0.360. The largest absolute Gasteiger partial charge is 0.375 e. The van der Waals surface area contributed by atoms with Gasteiger partial charge in [0.1, 0.15) is 12.3 Å². The fraction of sp³-hybridized carbons (Fsp3) is 1.00. The van der Waals surface area contributed by atoms with Gasteiger partial charge in [-0.05, 0) is 51.4 Å². The lowest BCUT2D eigenvalue weighted by Crippen LogP contribution is -2.51. The predicted molar refractivity (Wildman–Crippen MR) is 75.9 cm³/mol. The highest BCUT2D eigenvalue weighted by Gasteiger charge is 2.50. The Morgan fingerprint density at radius 2 is 1.00 bits per heavy atom. The third-order valence-corrected chi connectivity index (χ3v) is 5.02. The van der Waals surface area contributed by atoms with Crippen LogP contribution in [0.1, 0.15) is 39.5 Å². The molecule has 22 heavy (non-hydrogen) atoms. The summed E-state index contributed by atoms with van der Waals surface area (Å²) in [6, 6.07) is 0. The third-order valence-electron chi connectivity index (χ3n) is 5.02. The number of hydrogen-bond acceptors (Lipinski definition) is 2. The first kappa shape index (κ1) is 18.0. The lowest BCUT2D eigenvalue weighted by molar-refractivity contribution is -0.119. The van der Waals surface area contributed by atoms with E-state index in [1.165, 1.54) is 0 Å². The van der Waals surface area contributed by atoms with Crippen LogP contribution in [0.2, 0.25) is 0 Å². The van der Waals surface area contributed by atoms with Gasteiger partial charge in [-0.2, -0.15) is 0 Å². The van der Waals surface area contributed by atoms with Crippen LogP contribution >= 0.6 is 0 Å². The molecule has 2 rings (SSSR count). The number of rotatable bonds is 5. The molecule has 0 aliphatic heterocycles. The summed E-state index contributed by atoms with van der Waals surface area (Å²) in [7, 11) is 0. The maximum absolute atomic E-state index is 14.4. The van der Waals surface area contributed by atoms with Gasteiger partial charge in [0.05, 0.1) is 12.2 Å². The summed E-state index contributed by atoms with van der Waals surface area (Å²) in [5.41, 5.74) is 0. The van der Waals surface area contributed by atoms with Crippen LogP contribution in [0.15, 0.2) is 0 Å². The fourth-order valence-corrected chi connectivity index (χ4v) is 3.91. The van der Waals surface area contributed by atoms with Gasteiger partial charge >= 0.3 is 0 Å². The minimum Gasteiger partial charge on any atom is -0.375 e. The Bertz CT molecular complexity index is 312. The lowest BCUT2D eigenvalue weighted by Gasteiger charge is -2.43. The Morgan fingerprint density at radius 1 is 0.636 bits per heavy atom. The van der Waals surface area contributed by atoms with Crippen LogP contribution in [0.25, 0.3) is 0 Å². The van der Waals surface area contributed by atoms with Crippen molar-refractivity contribution in [1.29, 1.82) is 0 Å². The van der Waals surface area contributed by atoms with Gasteiger partial charge in [0, 0.05) is 13.2 Å². The van der Waals surface area contributed by atoms with E-state index in [-0.39, 0.29) is 0 Å². The van der Waals surface area contributed by atoms with Gasteiger partial charge in [0.2, 0.25) is 0 Å². The first-order chi connectivity index (χ1) is 10.5. The van der Waals surface area contributed by atoms with Crippen LogP contribution in [-0.2, 0) is 9.47 Å². The molecule has 130 valence electrons. The van der Waals surface area contributed by atoms with Gasteiger partial charge < -0.3 is 9.47 Å². The summed E-state index contributed by atoms with van der Waals surface area (Å²) in [5, 5.41) is 0. The maximum Gasteiger partial charge on any atom is 0.157 e. The Morgan fingerprint density at radius 3 is 1.32 bits per heavy atom. The van der Waals surface area contributed by atoms with Crippen molar-refractivity contribution < 1.29 is 27.0 Å². The molecule has 6 heteroatoms. The van der Waals surface area contributed by atoms with E-state index in [4.69, 9.17) is 9.47 Å². The summed E-state index contributed by atoms with van der Waals surface area (Å²) in [5.74, 6) is -1.55. The number of alkyl halides is 4. The van der Waals surface area contributed by atoms with Crippen LogP contribution in [0.3, 0.4) is 0 Å². The quantitative estimate of drug-likeness (QED) is 0.712. The molecule has 2 aliphatic rings. The van der Waals surface area contributed by atoms with E-state index >= 15 is 0 Å². The topological polar surface area (TPSA) is 18.5 Å². The molecule has 0 aromatic heterocycles. The first-order valence-corrected chi connectivity index (χ1v) is 8.30. The molecule has 0 N–H and O–H groups in total. The molecule has 2 aliphatic carbocycles. The van der Waals surface area contributed by atoms with Gasteiger partial charge in [-0.15, -0.1) is 0 Å². The van der Waals surface area contributed by atoms with E-state index in [0.717, 1.165) is 0 Å². The lowest BCUT2D eigenvalue weighted by atomic mass is 9.69. The normalized spacial score (nSPS) is 46.6. The molecule has 0 spiro atoms. The molecule has 0 bridgehead atoms. The second-order valence-electron chi connectivity index (χ2n) is 6.25. The molecule has 0 saturated heterocycles. The Kier molecular flexibility index (Phi) is 6.50. The van der Waals surface area contributed by atoms with E-state index in [2.05, 4.69) is 0 Å². The van der Waals surface area contributed by atoms with Crippen molar-refractivity contribution in [2.24, 2.45) is 11.8 Å². The minimum absolute atomic E-state index is 0.320. The van der Waals surface area contributed by atoms with Crippen molar-refractivity contribution in [3.8, 4) is 0 Å². The molecule has 2 saturated carbocycles. The smallest absolute Gasteiger partial charge is 0.157 e. The van der Waals surface area contributed by atoms with Crippen LogP contribution < -0.4 is 0 Å². The molecule has 2 fully saturated rings. The summed E-state index contributed by atoms with van der Waals surface area (Å²) in [4.78, 5) is 0. The van der Waals surface area contributed by atoms with Crippen molar-refractivity contribution >= 4 is 0 Å². The van der Waals surface area contributed by atoms with E-state index in [1.807, 2.05) is 0 Å². The molecule has 2 nitrogen and oxygen atoms in total. The Labute approximate surface area is 129 Å². The number of ether oxygens (including phenoxy) is 2. The standard InChI is InChI=1S/C16H26F4O2/c1-3-21-11-7-5-9(13(17)15(11)19)10-6-8-12(22-4-2)16(20)14(10)18/h9-16H,3-8H2,1-2H3. The van der Waals surface area contributed by atoms with Gasteiger partial charge in [0.15, 0.2) is 12.3 Å². The van der Waals surface area contributed by atoms with Crippen LogP contribution in [0.4, 0.5) is 17.6 Å². The van der Waals surface area contributed by atoms with E-state index in [1.54, 1.807) is 13.8 Å². The molecule has 8 atom stereocenters. The minimum atomic E-state index is -1.79. The predicted octanol–water partition coefficient (Wildman–Crippen LogP) is 3.97. The monoisotopic (exact) mass is 326 g/mol. The zero-order chi connectivity index (χ0) is 16.3. The van der Waals surface area contributed by atoms with Crippen molar-refractivity contribution in [1.82, 2.24) is 0 Å². The molecular formula is C16H26F4O2. The van der Waals surface area contributed by atoms with Gasteiger partial charge in [-0.25, -0.2) is 17.6 Å². The van der Waals surface area contributed by atoms with Crippen molar-refractivity contribution in [2.75, 3.05) is 13.2 Å². The summed E-state index contributed by atoms with van der Waals surface area (Å²) < 4.78 is 67.4. The zero-order valence-electron chi connectivity index (χ0n) is 13.2. The highest BCUT2D eigenvalue weighted by molar-refractivity contribution is 4.98. The van der Waals surface area contributed by atoms with Crippen molar-refractivity contribution in [3.63, 3.8) is 0 Å². The first-order valence-electron chi connectivity index (χ1n) is 8.30. The molecule has 0 heterocycles. The second-order valence-corrected chi connectivity index (χ2v) is 6.25. The molecule has 0 radical (unpaired) electrons. The Balaban J connectivity index is 2.00. The molecule has 8 unspecified atom stereocenters. The number of hydrogen-bond donors (Lipinski definition) is 0.